The van der Waals surface area contributed by atoms with Gasteiger partial charge in [-0.15, -0.1) is 0 Å². The van der Waals surface area contributed by atoms with Gasteiger partial charge in [0.05, 0.1) is 11.0 Å². The fourth-order valence-corrected chi connectivity index (χ4v) is 1.84. The van der Waals surface area contributed by atoms with Crippen LogP contribution in [0.4, 0.5) is 0 Å². The Balaban J connectivity index is 2.22. The smallest absolute Gasteiger partial charge is 0.157 e. The Kier molecular flexibility index (Phi) is 2.08. The molecule has 0 aliphatic heterocycles. The minimum Gasteiger partial charge on any atom is -0.508 e. The standard InChI is InChI=1S/C13H11N3O/c1-8-3-2-6-14-12(8)13-15-10-5-4-9(17)7-11(10)16-13/h2-7,17H,1H3,(H,15,16). The summed E-state index contributed by atoms with van der Waals surface area (Å²) < 4.78 is 0. The van der Waals surface area contributed by atoms with Crippen molar-refractivity contribution in [3.05, 3.63) is 42.1 Å². The quantitative estimate of drug-likeness (QED) is 0.669. The number of hydrogen-bond acceptors (Lipinski definition) is 3. The van der Waals surface area contributed by atoms with Crippen molar-refractivity contribution in [2.75, 3.05) is 0 Å². The van der Waals surface area contributed by atoms with E-state index in [1.54, 1.807) is 24.4 Å². The first-order valence-corrected chi connectivity index (χ1v) is 5.35. The van der Waals surface area contributed by atoms with E-state index in [-0.39, 0.29) is 5.75 Å². The van der Waals surface area contributed by atoms with Crippen molar-refractivity contribution >= 4 is 11.0 Å². The zero-order valence-corrected chi connectivity index (χ0v) is 9.31. The number of imidazole rings is 1. The van der Waals surface area contributed by atoms with Crippen molar-refractivity contribution in [2.45, 2.75) is 6.92 Å². The van der Waals surface area contributed by atoms with Gasteiger partial charge in [-0.2, -0.15) is 0 Å². The van der Waals surface area contributed by atoms with E-state index in [0.29, 0.717) is 0 Å². The molecule has 17 heavy (non-hydrogen) atoms. The number of phenolic OH excluding ortho intramolecular Hbond substituents is 1. The Morgan fingerprint density at radius 3 is 2.94 bits per heavy atom. The zero-order valence-electron chi connectivity index (χ0n) is 9.31. The number of phenols is 1. The number of aromatic nitrogens is 3. The summed E-state index contributed by atoms with van der Waals surface area (Å²) in [6, 6.07) is 8.95. The Labute approximate surface area is 98.0 Å². The normalized spacial score (nSPS) is 10.9. The van der Waals surface area contributed by atoms with Gasteiger partial charge in [-0.05, 0) is 30.7 Å². The Morgan fingerprint density at radius 2 is 2.12 bits per heavy atom. The molecule has 0 spiro atoms. The number of aromatic hydroxyl groups is 1. The first-order valence-electron chi connectivity index (χ1n) is 5.35. The molecule has 1 aromatic carbocycles. The summed E-state index contributed by atoms with van der Waals surface area (Å²) in [5.41, 5.74) is 3.53. The van der Waals surface area contributed by atoms with Gasteiger partial charge >= 0.3 is 0 Å². The van der Waals surface area contributed by atoms with Crippen LogP contribution in [0.15, 0.2) is 36.5 Å². The third kappa shape index (κ3) is 1.63. The molecule has 0 atom stereocenters. The summed E-state index contributed by atoms with van der Waals surface area (Å²) in [6.07, 6.45) is 1.74. The maximum absolute atomic E-state index is 9.40. The molecule has 0 saturated heterocycles. The number of hydrogen-bond donors (Lipinski definition) is 2. The number of rotatable bonds is 1. The van der Waals surface area contributed by atoms with Crippen molar-refractivity contribution < 1.29 is 5.11 Å². The maximum atomic E-state index is 9.40. The van der Waals surface area contributed by atoms with Gasteiger partial charge in [0.15, 0.2) is 5.82 Å². The molecule has 4 nitrogen and oxygen atoms in total. The fraction of sp³-hybridized carbons (Fsp3) is 0.0769. The van der Waals surface area contributed by atoms with E-state index in [1.807, 2.05) is 19.1 Å². The molecule has 2 aromatic heterocycles. The van der Waals surface area contributed by atoms with Crippen LogP contribution in [0.2, 0.25) is 0 Å². The second kappa shape index (κ2) is 3.59. The van der Waals surface area contributed by atoms with E-state index in [4.69, 9.17) is 0 Å². The first-order chi connectivity index (χ1) is 8.24. The molecule has 0 fully saturated rings. The Morgan fingerprint density at radius 1 is 1.24 bits per heavy atom. The summed E-state index contributed by atoms with van der Waals surface area (Å²) in [4.78, 5) is 11.9. The van der Waals surface area contributed by atoms with Crippen LogP contribution in [0.5, 0.6) is 5.75 Å². The minimum absolute atomic E-state index is 0.227. The summed E-state index contributed by atoms with van der Waals surface area (Å²) in [5.74, 6) is 0.953. The van der Waals surface area contributed by atoms with Crippen LogP contribution in [0, 0.1) is 6.92 Å². The van der Waals surface area contributed by atoms with Crippen LogP contribution in [-0.4, -0.2) is 20.1 Å². The molecule has 0 unspecified atom stereocenters. The highest BCUT2D eigenvalue weighted by Crippen LogP contribution is 2.23. The molecule has 0 aliphatic carbocycles. The summed E-state index contributed by atoms with van der Waals surface area (Å²) in [5, 5.41) is 9.40. The third-order valence-electron chi connectivity index (χ3n) is 2.70. The lowest BCUT2D eigenvalue weighted by molar-refractivity contribution is 0.476. The van der Waals surface area contributed by atoms with Crippen molar-refractivity contribution in [3.63, 3.8) is 0 Å². The van der Waals surface area contributed by atoms with Gasteiger partial charge < -0.3 is 10.1 Å². The van der Waals surface area contributed by atoms with Crippen LogP contribution in [-0.2, 0) is 0 Å². The van der Waals surface area contributed by atoms with E-state index in [0.717, 1.165) is 28.1 Å². The number of nitrogens with zero attached hydrogens (tertiary/aromatic N) is 2. The predicted octanol–water partition coefficient (Wildman–Crippen LogP) is 2.64. The molecule has 2 N–H and O–H groups in total. The summed E-state index contributed by atoms with van der Waals surface area (Å²) in [6.45, 7) is 1.99. The van der Waals surface area contributed by atoms with Gasteiger partial charge in [0.2, 0.25) is 0 Å². The average Bonchev–Trinajstić information content (AvgIpc) is 2.72. The van der Waals surface area contributed by atoms with Crippen LogP contribution in [0.1, 0.15) is 5.56 Å². The molecule has 4 heteroatoms. The van der Waals surface area contributed by atoms with Gasteiger partial charge in [0.25, 0.3) is 0 Å². The zero-order chi connectivity index (χ0) is 11.8. The van der Waals surface area contributed by atoms with Crippen molar-refractivity contribution in [2.24, 2.45) is 0 Å². The van der Waals surface area contributed by atoms with Gasteiger partial charge in [-0.3, -0.25) is 4.98 Å². The molecule has 84 valence electrons. The van der Waals surface area contributed by atoms with Gasteiger partial charge in [0, 0.05) is 12.3 Å². The summed E-state index contributed by atoms with van der Waals surface area (Å²) in [7, 11) is 0. The fourth-order valence-electron chi connectivity index (χ4n) is 1.84. The monoisotopic (exact) mass is 225 g/mol. The molecule has 0 bridgehead atoms. The molecule has 0 amide bonds. The number of fused-ring (bicyclic) bond motifs is 1. The minimum atomic E-state index is 0.227. The van der Waals surface area contributed by atoms with E-state index < -0.39 is 0 Å². The van der Waals surface area contributed by atoms with E-state index in [9.17, 15) is 5.11 Å². The molecule has 0 saturated carbocycles. The molecular formula is C13H11N3O. The molecular weight excluding hydrogens is 214 g/mol. The van der Waals surface area contributed by atoms with Crippen LogP contribution in [0.25, 0.3) is 22.6 Å². The van der Waals surface area contributed by atoms with Crippen molar-refractivity contribution in [1.29, 1.82) is 0 Å². The van der Waals surface area contributed by atoms with Crippen LogP contribution >= 0.6 is 0 Å². The number of nitrogens with one attached hydrogen (secondary N) is 1. The molecule has 3 aromatic rings. The second-order valence-corrected chi connectivity index (χ2v) is 3.96. The number of benzene rings is 1. The largest absolute Gasteiger partial charge is 0.508 e. The molecule has 0 aliphatic rings. The number of aromatic amines is 1. The molecule has 0 radical (unpaired) electrons. The Hall–Kier alpha value is -2.36. The van der Waals surface area contributed by atoms with Crippen molar-refractivity contribution in [1.82, 2.24) is 15.0 Å². The highest BCUT2D eigenvalue weighted by Gasteiger charge is 2.08. The SMILES string of the molecule is Cc1cccnc1-c1nc2ccc(O)cc2[nH]1. The number of aryl methyl sites for hydroxylation is 1. The lowest BCUT2D eigenvalue weighted by Gasteiger charge is -1.98. The molecule has 3 rings (SSSR count). The topological polar surface area (TPSA) is 61.8 Å². The van der Waals surface area contributed by atoms with Gasteiger partial charge in [-0.1, -0.05) is 6.07 Å². The second-order valence-electron chi connectivity index (χ2n) is 3.96. The number of pyridine rings is 1. The highest BCUT2D eigenvalue weighted by molar-refractivity contribution is 5.80. The van der Waals surface area contributed by atoms with Gasteiger partial charge in [0.1, 0.15) is 11.4 Å². The maximum Gasteiger partial charge on any atom is 0.157 e. The lowest BCUT2D eigenvalue weighted by Crippen LogP contribution is -1.88. The van der Waals surface area contributed by atoms with E-state index in [1.165, 1.54) is 0 Å². The lowest BCUT2D eigenvalue weighted by atomic mass is 10.2. The van der Waals surface area contributed by atoms with Crippen LogP contribution in [0.3, 0.4) is 0 Å². The van der Waals surface area contributed by atoms with E-state index >= 15 is 0 Å². The van der Waals surface area contributed by atoms with Crippen molar-refractivity contribution in [3.8, 4) is 17.3 Å². The first kappa shape index (κ1) is 9.84. The predicted molar refractivity (Wildman–Crippen MR) is 65.7 cm³/mol. The Bertz CT molecular complexity index is 688. The van der Waals surface area contributed by atoms with E-state index in [2.05, 4.69) is 15.0 Å². The summed E-state index contributed by atoms with van der Waals surface area (Å²) >= 11 is 0. The van der Waals surface area contributed by atoms with Crippen LogP contribution < -0.4 is 0 Å². The highest BCUT2D eigenvalue weighted by atomic mass is 16.3. The molecule has 2 heterocycles. The van der Waals surface area contributed by atoms with Gasteiger partial charge in [-0.25, -0.2) is 4.98 Å². The average molecular weight is 225 g/mol. The number of H-pyrrole nitrogens is 1. The third-order valence-corrected chi connectivity index (χ3v) is 2.70.